The van der Waals surface area contributed by atoms with Crippen LogP contribution >= 0.6 is 0 Å². The maximum absolute atomic E-state index is 12.5. The second-order valence-electron chi connectivity index (χ2n) is 7.03. The number of methoxy groups -OCH3 is 1. The summed E-state index contributed by atoms with van der Waals surface area (Å²) in [7, 11) is 5.74. The van der Waals surface area contributed by atoms with Gasteiger partial charge in [-0.25, -0.2) is 4.98 Å². The maximum atomic E-state index is 12.5. The number of nitrogens with one attached hydrogen (secondary N) is 1. The summed E-state index contributed by atoms with van der Waals surface area (Å²) >= 11 is 0. The number of hydrogen-bond donors (Lipinski definition) is 1. The molecule has 0 fully saturated rings. The Bertz CT molecular complexity index is 933. The fourth-order valence-electron chi connectivity index (χ4n) is 3.33. The van der Waals surface area contributed by atoms with E-state index in [1.165, 1.54) is 0 Å². The third kappa shape index (κ3) is 4.70. The van der Waals surface area contributed by atoms with E-state index in [1.807, 2.05) is 30.3 Å². The van der Waals surface area contributed by atoms with Crippen molar-refractivity contribution in [2.75, 3.05) is 34.3 Å². The van der Waals surface area contributed by atoms with Crippen LogP contribution in [0.5, 0.6) is 5.75 Å². The average Bonchev–Trinajstić information content (AvgIpc) is 3.05. The Morgan fingerprint density at radius 3 is 2.68 bits per heavy atom. The summed E-state index contributed by atoms with van der Waals surface area (Å²) < 4.78 is 7.54. The van der Waals surface area contributed by atoms with Crippen LogP contribution in [-0.4, -0.2) is 54.7 Å². The first-order chi connectivity index (χ1) is 13.6. The number of carbonyl (C=O) groups excluding carboxylic acids is 1. The van der Waals surface area contributed by atoms with Crippen LogP contribution in [0.25, 0.3) is 11.0 Å². The van der Waals surface area contributed by atoms with Crippen molar-refractivity contribution in [2.45, 2.75) is 19.4 Å². The summed E-state index contributed by atoms with van der Waals surface area (Å²) in [5.41, 5.74) is 2.69. The SMILES string of the molecule is COc1ccccc1C(=O)NCCc1nc2ccccc2n1CCCN(C)C. The van der Waals surface area contributed by atoms with Gasteiger partial charge in [0.05, 0.1) is 23.7 Å². The highest BCUT2D eigenvalue weighted by Crippen LogP contribution is 2.18. The fourth-order valence-corrected chi connectivity index (χ4v) is 3.33. The van der Waals surface area contributed by atoms with Crippen molar-refractivity contribution in [2.24, 2.45) is 0 Å². The monoisotopic (exact) mass is 380 g/mol. The molecule has 0 aliphatic carbocycles. The molecule has 0 radical (unpaired) electrons. The van der Waals surface area contributed by atoms with Gasteiger partial charge in [0.1, 0.15) is 11.6 Å². The summed E-state index contributed by atoms with van der Waals surface area (Å²) in [4.78, 5) is 19.5. The Balaban J connectivity index is 1.69. The topological polar surface area (TPSA) is 59.4 Å². The molecule has 148 valence electrons. The molecule has 0 spiro atoms. The normalized spacial score (nSPS) is 11.1. The highest BCUT2D eigenvalue weighted by Gasteiger charge is 2.13. The number of imidazole rings is 1. The molecule has 0 unspecified atom stereocenters. The Kier molecular flexibility index (Phi) is 6.66. The van der Waals surface area contributed by atoms with Gasteiger partial charge < -0.3 is 19.5 Å². The van der Waals surface area contributed by atoms with Crippen LogP contribution in [0, 0.1) is 0 Å². The zero-order valence-electron chi connectivity index (χ0n) is 16.8. The lowest BCUT2D eigenvalue weighted by molar-refractivity contribution is 0.0951. The summed E-state index contributed by atoms with van der Waals surface area (Å²) in [6.45, 7) is 2.46. The number of hydrogen-bond acceptors (Lipinski definition) is 4. The molecule has 3 aromatic rings. The number of rotatable bonds is 9. The molecule has 1 aromatic heterocycles. The van der Waals surface area contributed by atoms with Gasteiger partial charge in [-0.15, -0.1) is 0 Å². The number of ether oxygens (including phenoxy) is 1. The number of carbonyl (C=O) groups is 1. The molecular formula is C22H28N4O2. The number of para-hydroxylation sites is 3. The quantitative estimate of drug-likeness (QED) is 0.620. The molecular weight excluding hydrogens is 352 g/mol. The van der Waals surface area contributed by atoms with Crippen molar-refractivity contribution in [1.29, 1.82) is 0 Å². The van der Waals surface area contributed by atoms with Gasteiger partial charge >= 0.3 is 0 Å². The van der Waals surface area contributed by atoms with Crippen LogP contribution in [-0.2, 0) is 13.0 Å². The van der Waals surface area contributed by atoms with Gasteiger partial charge in [-0.2, -0.15) is 0 Å². The number of fused-ring (bicyclic) bond motifs is 1. The minimum absolute atomic E-state index is 0.132. The number of aromatic nitrogens is 2. The molecule has 0 bridgehead atoms. The van der Waals surface area contributed by atoms with E-state index in [0.29, 0.717) is 24.3 Å². The highest BCUT2D eigenvalue weighted by molar-refractivity contribution is 5.96. The average molecular weight is 380 g/mol. The molecule has 6 nitrogen and oxygen atoms in total. The first-order valence-corrected chi connectivity index (χ1v) is 9.60. The number of aryl methyl sites for hydroxylation is 1. The minimum atomic E-state index is -0.132. The third-order valence-corrected chi connectivity index (χ3v) is 4.71. The van der Waals surface area contributed by atoms with Crippen molar-refractivity contribution in [3.05, 3.63) is 59.9 Å². The van der Waals surface area contributed by atoms with Crippen LogP contribution in [0.1, 0.15) is 22.6 Å². The van der Waals surface area contributed by atoms with E-state index >= 15 is 0 Å². The lowest BCUT2D eigenvalue weighted by Crippen LogP contribution is -2.27. The van der Waals surface area contributed by atoms with E-state index in [1.54, 1.807) is 19.2 Å². The highest BCUT2D eigenvalue weighted by atomic mass is 16.5. The lowest BCUT2D eigenvalue weighted by atomic mass is 10.2. The molecule has 28 heavy (non-hydrogen) atoms. The van der Waals surface area contributed by atoms with E-state index in [9.17, 15) is 4.79 Å². The smallest absolute Gasteiger partial charge is 0.255 e. The lowest BCUT2D eigenvalue weighted by Gasteiger charge is -2.13. The van der Waals surface area contributed by atoms with Crippen LogP contribution in [0.2, 0.25) is 0 Å². The van der Waals surface area contributed by atoms with E-state index in [0.717, 1.165) is 36.4 Å². The zero-order valence-corrected chi connectivity index (χ0v) is 16.8. The van der Waals surface area contributed by atoms with Gasteiger partial charge in [0.2, 0.25) is 0 Å². The van der Waals surface area contributed by atoms with Crippen molar-refractivity contribution in [1.82, 2.24) is 19.8 Å². The van der Waals surface area contributed by atoms with Crippen molar-refractivity contribution >= 4 is 16.9 Å². The Labute approximate surface area is 166 Å². The predicted molar refractivity (Wildman–Crippen MR) is 112 cm³/mol. The molecule has 1 heterocycles. The number of amides is 1. The molecule has 6 heteroatoms. The molecule has 2 aromatic carbocycles. The van der Waals surface area contributed by atoms with Gasteiger partial charge in [0, 0.05) is 19.5 Å². The summed E-state index contributed by atoms with van der Waals surface area (Å²) in [6.07, 6.45) is 1.73. The molecule has 0 aliphatic rings. The fraction of sp³-hybridized carbons (Fsp3) is 0.364. The first-order valence-electron chi connectivity index (χ1n) is 9.60. The predicted octanol–water partition coefficient (Wildman–Crippen LogP) is 2.97. The van der Waals surface area contributed by atoms with Crippen LogP contribution in [0.4, 0.5) is 0 Å². The van der Waals surface area contributed by atoms with Crippen molar-refractivity contribution < 1.29 is 9.53 Å². The Hall–Kier alpha value is -2.86. The molecule has 3 rings (SSSR count). The van der Waals surface area contributed by atoms with Gasteiger partial charge in [0.15, 0.2) is 0 Å². The standard InChI is InChI=1S/C22H28N4O2/c1-25(2)15-8-16-26-19-11-6-5-10-18(19)24-21(26)13-14-23-22(27)17-9-4-7-12-20(17)28-3/h4-7,9-12H,8,13-16H2,1-3H3,(H,23,27). The van der Waals surface area contributed by atoms with Crippen LogP contribution in [0.15, 0.2) is 48.5 Å². The molecule has 0 saturated carbocycles. The van der Waals surface area contributed by atoms with E-state index in [-0.39, 0.29) is 5.91 Å². The van der Waals surface area contributed by atoms with Crippen molar-refractivity contribution in [3.63, 3.8) is 0 Å². The van der Waals surface area contributed by atoms with Gasteiger partial charge in [-0.05, 0) is 51.3 Å². The number of benzene rings is 2. The van der Waals surface area contributed by atoms with Gasteiger partial charge in [0.25, 0.3) is 5.91 Å². The summed E-state index contributed by atoms with van der Waals surface area (Å²) in [6, 6.07) is 15.4. The van der Waals surface area contributed by atoms with E-state index < -0.39 is 0 Å². The molecule has 0 atom stereocenters. The minimum Gasteiger partial charge on any atom is -0.496 e. The van der Waals surface area contributed by atoms with Crippen LogP contribution < -0.4 is 10.1 Å². The van der Waals surface area contributed by atoms with Crippen LogP contribution in [0.3, 0.4) is 0 Å². The second-order valence-corrected chi connectivity index (χ2v) is 7.03. The molecule has 0 saturated heterocycles. The Morgan fingerprint density at radius 1 is 1.14 bits per heavy atom. The van der Waals surface area contributed by atoms with E-state index in [2.05, 4.69) is 34.9 Å². The summed E-state index contributed by atoms with van der Waals surface area (Å²) in [5, 5.41) is 2.99. The molecule has 1 amide bonds. The van der Waals surface area contributed by atoms with Gasteiger partial charge in [-0.1, -0.05) is 24.3 Å². The summed E-state index contributed by atoms with van der Waals surface area (Å²) in [5.74, 6) is 1.45. The molecule has 1 N–H and O–H groups in total. The third-order valence-electron chi connectivity index (χ3n) is 4.71. The Morgan fingerprint density at radius 2 is 1.89 bits per heavy atom. The van der Waals surface area contributed by atoms with Crippen molar-refractivity contribution in [3.8, 4) is 5.75 Å². The number of nitrogens with zero attached hydrogens (tertiary/aromatic N) is 3. The van der Waals surface area contributed by atoms with Gasteiger partial charge in [-0.3, -0.25) is 4.79 Å². The van der Waals surface area contributed by atoms with E-state index in [4.69, 9.17) is 9.72 Å². The second kappa shape index (κ2) is 9.37. The first kappa shape index (κ1) is 19.9. The maximum Gasteiger partial charge on any atom is 0.255 e. The largest absolute Gasteiger partial charge is 0.496 e. The zero-order chi connectivity index (χ0) is 19.9. The molecule has 0 aliphatic heterocycles.